The molecule has 1 aromatic rings. The third-order valence-electron chi connectivity index (χ3n) is 3.29. The molecule has 0 aliphatic heterocycles. The van der Waals surface area contributed by atoms with E-state index in [1.807, 2.05) is 11.0 Å². The summed E-state index contributed by atoms with van der Waals surface area (Å²) >= 11 is 0. The first kappa shape index (κ1) is 17.4. The Morgan fingerprint density at radius 2 is 1.71 bits per heavy atom. The molecule has 0 spiro atoms. The molecule has 118 valence electrons. The van der Waals surface area contributed by atoms with Crippen molar-refractivity contribution in [2.75, 3.05) is 25.0 Å². The third-order valence-corrected chi connectivity index (χ3v) is 3.29. The van der Waals surface area contributed by atoms with E-state index in [9.17, 15) is 4.79 Å². The smallest absolute Gasteiger partial charge is 0.274 e. The van der Waals surface area contributed by atoms with Crippen LogP contribution in [0.25, 0.3) is 0 Å². The van der Waals surface area contributed by atoms with Gasteiger partial charge in [-0.2, -0.15) is 0 Å². The van der Waals surface area contributed by atoms with Crippen molar-refractivity contribution in [3.63, 3.8) is 0 Å². The molecule has 0 saturated carbocycles. The highest BCUT2D eigenvalue weighted by molar-refractivity contribution is 5.92. The van der Waals surface area contributed by atoms with Crippen LogP contribution in [0.5, 0.6) is 0 Å². The molecule has 0 atom stereocenters. The van der Waals surface area contributed by atoms with Crippen molar-refractivity contribution in [2.45, 2.75) is 52.9 Å². The number of hydrogen-bond donors (Lipinski definition) is 1. The fourth-order valence-electron chi connectivity index (χ4n) is 1.97. The largest absolute Gasteiger partial charge is 0.369 e. The maximum absolute atomic E-state index is 12.5. The Morgan fingerprint density at radius 3 is 2.19 bits per heavy atom. The molecule has 5 heteroatoms. The van der Waals surface area contributed by atoms with Crippen molar-refractivity contribution in [3.8, 4) is 0 Å². The number of anilines is 1. The lowest BCUT2D eigenvalue weighted by Gasteiger charge is -2.21. The van der Waals surface area contributed by atoms with E-state index < -0.39 is 0 Å². The van der Waals surface area contributed by atoms with Gasteiger partial charge in [0.2, 0.25) is 0 Å². The molecule has 1 aromatic heterocycles. The molecule has 0 fully saturated rings. The third kappa shape index (κ3) is 6.10. The Morgan fingerprint density at radius 1 is 1.05 bits per heavy atom. The molecule has 0 unspecified atom stereocenters. The highest BCUT2D eigenvalue weighted by atomic mass is 16.2. The first-order valence-corrected chi connectivity index (χ1v) is 8.09. The molecule has 1 amide bonds. The molecular weight excluding hydrogens is 264 g/mol. The number of nitrogens with one attached hydrogen (secondary N) is 1. The van der Waals surface area contributed by atoms with Crippen LogP contribution in [0.15, 0.2) is 12.1 Å². The molecule has 0 radical (unpaired) electrons. The van der Waals surface area contributed by atoms with Crippen molar-refractivity contribution in [2.24, 2.45) is 0 Å². The Hall–Kier alpha value is -1.65. The van der Waals surface area contributed by atoms with Crippen LogP contribution >= 0.6 is 0 Å². The van der Waals surface area contributed by atoms with Crippen molar-refractivity contribution in [3.05, 3.63) is 17.8 Å². The van der Waals surface area contributed by atoms with Gasteiger partial charge in [0.15, 0.2) is 5.69 Å². The Bertz CT molecular complexity index is 397. The van der Waals surface area contributed by atoms with Gasteiger partial charge >= 0.3 is 0 Å². The second-order valence-corrected chi connectivity index (χ2v) is 5.23. The van der Waals surface area contributed by atoms with Gasteiger partial charge in [0.25, 0.3) is 5.91 Å². The summed E-state index contributed by atoms with van der Waals surface area (Å²) in [4.78, 5) is 14.4. The zero-order valence-electron chi connectivity index (χ0n) is 13.6. The molecule has 1 N–H and O–H groups in total. The number of rotatable bonds is 10. The van der Waals surface area contributed by atoms with Crippen LogP contribution in [0.1, 0.15) is 63.4 Å². The quantitative estimate of drug-likeness (QED) is 0.718. The highest BCUT2D eigenvalue weighted by Crippen LogP contribution is 2.08. The van der Waals surface area contributed by atoms with Crippen molar-refractivity contribution >= 4 is 11.7 Å². The number of unbranched alkanes of at least 4 members (excludes halogenated alkanes) is 2. The van der Waals surface area contributed by atoms with Gasteiger partial charge in [-0.3, -0.25) is 4.79 Å². The van der Waals surface area contributed by atoms with Gasteiger partial charge in [-0.25, -0.2) is 0 Å². The standard InChI is InChI=1S/C16H28N4O/c1-4-7-12-20(13-8-5-2)16(21)14-9-10-15(19-18-14)17-11-6-3/h9-10H,4-8,11-13H2,1-3H3,(H,17,19). The van der Waals surface area contributed by atoms with E-state index in [-0.39, 0.29) is 5.91 Å². The highest BCUT2D eigenvalue weighted by Gasteiger charge is 2.16. The lowest BCUT2D eigenvalue weighted by molar-refractivity contribution is 0.0744. The normalized spacial score (nSPS) is 10.4. The summed E-state index contributed by atoms with van der Waals surface area (Å²) in [6.07, 6.45) is 5.26. The van der Waals surface area contributed by atoms with Crippen molar-refractivity contribution in [1.29, 1.82) is 0 Å². The maximum atomic E-state index is 12.5. The van der Waals surface area contributed by atoms with E-state index in [1.54, 1.807) is 6.07 Å². The summed E-state index contributed by atoms with van der Waals surface area (Å²) in [5, 5.41) is 11.3. The van der Waals surface area contributed by atoms with Gasteiger partial charge in [-0.05, 0) is 31.4 Å². The van der Waals surface area contributed by atoms with Crippen LogP contribution in [0.2, 0.25) is 0 Å². The lowest BCUT2D eigenvalue weighted by Crippen LogP contribution is -2.33. The summed E-state index contributed by atoms with van der Waals surface area (Å²) in [7, 11) is 0. The number of nitrogens with zero attached hydrogens (tertiary/aromatic N) is 3. The first-order valence-electron chi connectivity index (χ1n) is 8.09. The summed E-state index contributed by atoms with van der Waals surface area (Å²) in [6, 6.07) is 3.59. The summed E-state index contributed by atoms with van der Waals surface area (Å²) in [5.74, 6) is 0.716. The van der Waals surface area contributed by atoms with Crippen molar-refractivity contribution in [1.82, 2.24) is 15.1 Å². The maximum Gasteiger partial charge on any atom is 0.274 e. The fourth-order valence-corrected chi connectivity index (χ4v) is 1.97. The van der Waals surface area contributed by atoms with E-state index in [4.69, 9.17) is 0 Å². The monoisotopic (exact) mass is 292 g/mol. The van der Waals surface area contributed by atoms with E-state index in [1.165, 1.54) is 0 Å². The number of aromatic nitrogens is 2. The Balaban J connectivity index is 2.67. The van der Waals surface area contributed by atoms with Crippen LogP contribution < -0.4 is 5.32 Å². The number of carbonyl (C=O) groups is 1. The van der Waals surface area contributed by atoms with Crippen LogP contribution in [0, 0.1) is 0 Å². The number of hydrogen-bond acceptors (Lipinski definition) is 4. The summed E-state index contributed by atoms with van der Waals surface area (Å²) < 4.78 is 0. The van der Waals surface area contributed by atoms with E-state index in [2.05, 4.69) is 36.3 Å². The summed E-state index contributed by atoms with van der Waals surface area (Å²) in [6.45, 7) is 8.82. The van der Waals surface area contributed by atoms with Gasteiger partial charge in [-0.15, -0.1) is 10.2 Å². The zero-order chi connectivity index (χ0) is 15.5. The van der Waals surface area contributed by atoms with Gasteiger partial charge in [-0.1, -0.05) is 33.6 Å². The Labute approximate surface area is 128 Å². The van der Waals surface area contributed by atoms with E-state index in [0.717, 1.165) is 57.6 Å². The fraction of sp³-hybridized carbons (Fsp3) is 0.688. The minimum Gasteiger partial charge on any atom is -0.369 e. The second kappa shape index (κ2) is 10.1. The topological polar surface area (TPSA) is 58.1 Å². The molecule has 1 heterocycles. The van der Waals surface area contributed by atoms with Gasteiger partial charge in [0, 0.05) is 19.6 Å². The molecule has 0 saturated heterocycles. The molecule has 0 aliphatic carbocycles. The SMILES string of the molecule is CCCCN(CCCC)C(=O)c1ccc(NCCC)nn1. The van der Waals surface area contributed by atoms with Gasteiger partial charge in [0.05, 0.1) is 0 Å². The van der Waals surface area contributed by atoms with Crippen LogP contribution in [-0.2, 0) is 0 Å². The second-order valence-electron chi connectivity index (χ2n) is 5.23. The Kier molecular flexibility index (Phi) is 8.40. The van der Waals surface area contributed by atoms with Crippen LogP contribution in [0.3, 0.4) is 0 Å². The molecular formula is C16H28N4O. The van der Waals surface area contributed by atoms with Crippen molar-refractivity contribution < 1.29 is 4.79 Å². The summed E-state index contributed by atoms with van der Waals surface area (Å²) in [5.41, 5.74) is 0.434. The zero-order valence-corrected chi connectivity index (χ0v) is 13.6. The van der Waals surface area contributed by atoms with Gasteiger partial charge < -0.3 is 10.2 Å². The number of carbonyl (C=O) groups excluding carboxylic acids is 1. The predicted molar refractivity (Wildman–Crippen MR) is 86.5 cm³/mol. The molecule has 0 aliphatic rings. The van der Waals surface area contributed by atoms with Crippen LogP contribution in [0.4, 0.5) is 5.82 Å². The van der Waals surface area contributed by atoms with E-state index >= 15 is 0 Å². The van der Waals surface area contributed by atoms with Crippen LogP contribution in [-0.4, -0.2) is 40.6 Å². The average Bonchev–Trinajstić information content (AvgIpc) is 2.53. The minimum absolute atomic E-state index is 0.00792. The predicted octanol–water partition coefficient (Wildman–Crippen LogP) is 3.34. The molecule has 21 heavy (non-hydrogen) atoms. The molecule has 0 aromatic carbocycles. The van der Waals surface area contributed by atoms with Gasteiger partial charge in [0.1, 0.15) is 5.82 Å². The number of amides is 1. The molecule has 0 bridgehead atoms. The lowest BCUT2D eigenvalue weighted by atomic mass is 10.2. The first-order chi connectivity index (χ1) is 10.2. The van der Waals surface area contributed by atoms with E-state index in [0.29, 0.717) is 5.69 Å². The average molecular weight is 292 g/mol. The minimum atomic E-state index is -0.00792. The molecule has 5 nitrogen and oxygen atoms in total. The molecule has 1 rings (SSSR count).